The molecule has 1 saturated heterocycles. The van der Waals surface area contributed by atoms with Crippen molar-refractivity contribution in [2.24, 2.45) is 0 Å². The molecule has 0 bridgehead atoms. The number of hydrogen-bond acceptors (Lipinski definition) is 5. The Balaban J connectivity index is 1.90. The monoisotopic (exact) mass is 345 g/mol. The van der Waals surface area contributed by atoms with Crippen molar-refractivity contribution < 1.29 is 14.5 Å². The van der Waals surface area contributed by atoms with E-state index in [2.05, 4.69) is 0 Å². The maximum Gasteiger partial charge on any atom is 0.269 e. The van der Waals surface area contributed by atoms with Crippen LogP contribution in [0.4, 0.5) is 11.4 Å². The van der Waals surface area contributed by atoms with Crippen LogP contribution in [0, 0.1) is 10.1 Å². The first kappa shape index (κ1) is 16.1. The van der Waals surface area contributed by atoms with Crippen molar-refractivity contribution in [3.63, 3.8) is 0 Å². The first-order valence-corrected chi connectivity index (χ1v) is 8.32. The van der Waals surface area contributed by atoms with E-state index in [-0.39, 0.29) is 24.2 Å². The average Bonchev–Trinajstić information content (AvgIpc) is 3.24. The first-order valence-electron chi connectivity index (χ1n) is 7.44. The van der Waals surface area contributed by atoms with Crippen LogP contribution in [-0.2, 0) is 4.79 Å². The molecule has 124 valence electrons. The standard InChI is InChI=1S/C16H15N3O4S/c20-15-4-1-9-17(15)11-18(16(21)14-3-2-10-24-14)12-5-7-13(8-6-12)19(22)23/h2-3,5-8,10H,1,4,9,11H2. The molecular formula is C16H15N3O4S. The highest BCUT2D eigenvalue weighted by atomic mass is 32.1. The van der Waals surface area contributed by atoms with E-state index in [0.29, 0.717) is 23.5 Å². The topological polar surface area (TPSA) is 83.8 Å². The summed E-state index contributed by atoms with van der Waals surface area (Å²) in [6, 6.07) is 9.28. The predicted molar refractivity (Wildman–Crippen MR) is 90.0 cm³/mol. The van der Waals surface area contributed by atoms with Gasteiger partial charge in [-0.25, -0.2) is 0 Å². The van der Waals surface area contributed by atoms with E-state index in [1.165, 1.54) is 40.5 Å². The molecular weight excluding hydrogens is 330 g/mol. The van der Waals surface area contributed by atoms with Crippen molar-refractivity contribution in [3.8, 4) is 0 Å². The molecule has 24 heavy (non-hydrogen) atoms. The highest BCUT2D eigenvalue weighted by Gasteiger charge is 2.27. The van der Waals surface area contributed by atoms with Crippen LogP contribution in [0.5, 0.6) is 0 Å². The van der Waals surface area contributed by atoms with Gasteiger partial charge in [0.2, 0.25) is 5.91 Å². The van der Waals surface area contributed by atoms with Gasteiger partial charge in [0.05, 0.1) is 9.80 Å². The summed E-state index contributed by atoms with van der Waals surface area (Å²) in [6.07, 6.45) is 1.27. The molecule has 1 aromatic heterocycles. The maximum atomic E-state index is 12.8. The smallest absolute Gasteiger partial charge is 0.269 e. The number of nitro groups is 1. The lowest BCUT2D eigenvalue weighted by atomic mass is 10.2. The van der Waals surface area contributed by atoms with Gasteiger partial charge in [0, 0.05) is 30.8 Å². The molecule has 0 unspecified atom stereocenters. The minimum absolute atomic E-state index is 0.0147. The van der Waals surface area contributed by atoms with E-state index in [1.807, 2.05) is 5.38 Å². The molecule has 8 heteroatoms. The van der Waals surface area contributed by atoms with E-state index >= 15 is 0 Å². The van der Waals surface area contributed by atoms with E-state index in [0.717, 1.165) is 6.42 Å². The second-order valence-corrected chi connectivity index (χ2v) is 6.33. The number of nitrogens with zero attached hydrogens (tertiary/aromatic N) is 3. The summed E-state index contributed by atoms with van der Waals surface area (Å²) in [7, 11) is 0. The van der Waals surface area contributed by atoms with Crippen molar-refractivity contribution in [1.29, 1.82) is 0 Å². The SMILES string of the molecule is O=C1CCCN1CN(C(=O)c1cccs1)c1ccc([N+](=O)[O-])cc1. The molecule has 3 rings (SSSR count). The number of likely N-dealkylation sites (tertiary alicyclic amines) is 1. The van der Waals surface area contributed by atoms with Gasteiger partial charge in [0.15, 0.2) is 0 Å². The Labute approximate surface area is 142 Å². The number of anilines is 1. The summed E-state index contributed by atoms with van der Waals surface area (Å²) in [6.45, 7) is 0.757. The lowest BCUT2D eigenvalue weighted by Crippen LogP contribution is -2.42. The quantitative estimate of drug-likeness (QED) is 0.616. The fourth-order valence-electron chi connectivity index (χ4n) is 2.57. The van der Waals surface area contributed by atoms with Crippen molar-refractivity contribution in [1.82, 2.24) is 4.90 Å². The van der Waals surface area contributed by atoms with Gasteiger partial charge in [-0.1, -0.05) is 6.07 Å². The molecule has 2 heterocycles. The highest BCUT2D eigenvalue weighted by Crippen LogP contribution is 2.24. The fraction of sp³-hybridized carbons (Fsp3) is 0.250. The third kappa shape index (κ3) is 3.28. The average molecular weight is 345 g/mol. The third-order valence-corrected chi connectivity index (χ3v) is 4.69. The van der Waals surface area contributed by atoms with E-state index in [9.17, 15) is 19.7 Å². The largest absolute Gasteiger partial charge is 0.324 e. The van der Waals surface area contributed by atoms with Gasteiger partial charge >= 0.3 is 0 Å². The molecule has 0 spiro atoms. The predicted octanol–water partition coefficient (Wildman–Crippen LogP) is 2.88. The highest BCUT2D eigenvalue weighted by molar-refractivity contribution is 7.12. The summed E-state index contributed by atoms with van der Waals surface area (Å²) in [5, 5.41) is 12.6. The molecule has 1 fully saturated rings. The number of carbonyl (C=O) groups is 2. The fourth-order valence-corrected chi connectivity index (χ4v) is 3.25. The van der Waals surface area contributed by atoms with E-state index < -0.39 is 4.92 Å². The van der Waals surface area contributed by atoms with Crippen LogP contribution in [0.2, 0.25) is 0 Å². The van der Waals surface area contributed by atoms with Gasteiger partial charge in [0.1, 0.15) is 6.67 Å². The molecule has 2 aromatic rings. The lowest BCUT2D eigenvalue weighted by Gasteiger charge is -2.27. The molecule has 1 aliphatic heterocycles. The number of non-ortho nitro benzene ring substituents is 1. The zero-order chi connectivity index (χ0) is 17.1. The zero-order valence-corrected chi connectivity index (χ0v) is 13.6. The molecule has 0 N–H and O–H groups in total. The molecule has 0 radical (unpaired) electrons. The maximum absolute atomic E-state index is 12.8. The van der Waals surface area contributed by atoms with Crippen LogP contribution in [0.15, 0.2) is 41.8 Å². The minimum Gasteiger partial charge on any atom is -0.324 e. The Kier molecular flexibility index (Phi) is 4.57. The van der Waals surface area contributed by atoms with Crippen LogP contribution in [0.3, 0.4) is 0 Å². The summed E-state index contributed by atoms with van der Waals surface area (Å²) < 4.78 is 0. The summed E-state index contributed by atoms with van der Waals surface area (Å²) in [4.78, 5) is 38.7. The number of thiophene rings is 1. The van der Waals surface area contributed by atoms with Gasteiger partial charge in [0.25, 0.3) is 11.6 Å². The minimum atomic E-state index is -0.487. The first-order chi connectivity index (χ1) is 11.6. The second kappa shape index (κ2) is 6.79. The van der Waals surface area contributed by atoms with Crippen molar-refractivity contribution in [2.75, 3.05) is 18.1 Å². The summed E-state index contributed by atoms with van der Waals surface area (Å²) >= 11 is 1.32. The number of rotatable bonds is 5. The van der Waals surface area contributed by atoms with Gasteiger partial charge in [-0.15, -0.1) is 11.3 Å². The van der Waals surface area contributed by atoms with Crippen LogP contribution in [0.1, 0.15) is 22.5 Å². The molecule has 1 aliphatic rings. The zero-order valence-electron chi connectivity index (χ0n) is 12.8. The van der Waals surface area contributed by atoms with Crippen molar-refractivity contribution in [3.05, 3.63) is 56.8 Å². The number of nitro benzene ring substituents is 1. The Bertz CT molecular complexity index is 758. The Morgan fingerprint density at radius 3 is 2.58 bits per heavy atom. The van der Waals surface area contributed by atoms with Crippen LogP contribution >= 0.6 is 11.3 Å². The van der Waals surface area contributed by atoms with Crippen molar-refractivity contribution >= 4 is 34.5 Å². The third-order valence-electron chi connectivity index (χ3n) is 3.83. The van der Waals surface area contributed by atoms with Gasteiger partial charge in [-0.2, -0.15) is 0 Å². The van der Waals surface area contributed by atoms with E-state index in [4.69, 9.17) is 0 Å². The summed E-state index contributed by atoms with van der Waals surface area (Å²) in [5.41, 5.74) is 0.484. The Hall–Kier alpha value is -2.74. The van der Waals surface area contributed by atoms with Gasteiger partial charge in [-0.05, 0) is 30.0 Å². The molecule has 7 nitrogen and oxygen atoms in total. The molecule has 1 aromatic carbocycles. The van der Waals surface area contributed by atoms with Crippen molar-refractivity contribution in [2.45, 2.75) is 12.8 Å². The number of amides is 2. The Morgan fingerprint density at radius 2 is 2.04 bits per heavy atom. The number of carbonyl (C=O) groups excluding carboxylic acids is 2. The van der Waals surface area contributed by atoms with Gasteiger partial charge in [-0.3, -0.25) is 24.6 Å². The van der Waals surface area contributed by atoms with Gasteiger partial charge < -0.3 is 4.90 Å². The Morgan fingerprint density at radius 1 is 1.29 bits per heavy atom. The lowest BCUT2D eigenvalue weighted by molar-refractivity contribution is -0.384. The van der Waals surface area contributed by atoms with E-state index in [1.54, 1.807) is 17.0 Å². The second-order valence-electron chi connectivity index (χ2n) is 5.39. The number of benzene rings is 1. The molecule has 0 atom stereocenters. The summed E-state index contributed by atoms with van der Waals surface area (Å²) in [5.74, 6) is -0.209. The van der Waals surface area contributed by atoms with Crippen LogP contribution in [0.25, 0.3) is 0 Å². The van der Waals surface area contributed by atoms with Crippen LogP contribution < -0.4 is 4.90 Å². The molecule has 0 saturated carbocycles. The van der Waals surface area contributed by atoms with Crippen LogP contribution in [-0.4, -0.2) is 34.9 Å². The molecule has 0 aliphatic carbocycles. The molecule has 2 amide bonds. The normalized spacial score (nSPS) is 14.0. The number of hydrogen-bond donors (Lipinski definition) is 0.